The number of nitrogens with zero attached hydrogens (tertiary/aromatic N) is 1. The first-order valence-electron chi connectivity index (χ1n) is 4.29. The maximum Gasteiger partial charge on any atom is 0.193 e. The first kappa shape index (κ1) is 8.13. The largest absolute Gasteiger partial charge is 0.296 e. The molecule has 0 aromatic carbocycles. The van der Waals surface area contributed by atoms with Crippen LogP contribution in [-0.4, -0.2) is 34.6 Å². The number of aromatic nitrogens is 2. The Morgan fingerprint density at radius 2 is 2.33 bits per heavy atom. The molecule has 2 heterocycles. The molecule has 1 aromatic rings. The molecule has 0 atom stereocenters. The molecular weight excluding hydrogens is 170 g/mol. The van der Waals surface area contributed by atoms with Gasteiger partial charge in [-0.3, -0.25) is 4.90 Å². The number of rotatable bonds is 2. The molecule has 2 rings (SSSR count). The summed E-state index contributed by atoms with van der Waals surface area (Å²) in [5, 5.41) is 6.07. The predicted molar refractivity (Wildman–Crippen MR) is 50.0 cm³/mol. The summed E-state index contributed by atoms with van der Waals surface area (Å²) >= 11 is 2.05. The van der Waals surface area contributed by atoms with Crippen LogP contribution < -0.4 is 5.10 Å². The third-order valence-electron chi connectivity index (χ3n) is 2.10. The third-order valence-corrected chi connectivity index (χ3v) is 3.04. The van der Waals surface area contributed by atoms with Gasteiger partial charge in [0.1, 0.15) is 0 Å². The van der Waals surface area contributed by atoms with Gasteiger partial charge in [-0.1, -0.05) is 0 Å². The molecule has 0 aliphatic carbocycles. The highest BCUT2D eigenvalue weighted by Gasteiger charge is 2.11. The Bertz CT molecular complexity index is 216. The molecule has 1 fully saturated rings. The normalized spacial score (nSPS) is 19.7. The highest BCUT2D eigenvalue weighted by molar-refractivity contribution is 7.99. The molecule has 1 saturated heterocycles. The number of hydrogen-bond donors (Lipinski definition) is 1. The zero-order valence-corrected chi connectivity index (χ0v) is 7.86. The second kappa shape index (κ2) is 3.96. The fraction of sp³-hybridized carbons (Fsp3) is 0.625. The van der Waals surface area contributed by atoms with Crippen LogP contribution in [0.2, 0.25) is 0 Å². The van der Waals surface area contributed by atoms with Crippen LogP contribution in [0.3, 0.4) is 0 Å². The molecule has 0 unspecified atom stereocenters. The Hall–Kier alpha value is -0.480. The molecule has 1 aliphatic heterocycles. The summed E-state index contributed by atoms with van der Waals surface area (Å²) in [6, 6.07) is 2.10. The summed E-state index contributed by atoms with van der Waals surface area (Å²) in [4.78, 5) is 2.48. The average Bonchev–Trinajstić information content (AvgIpc) is 2.59. The summed E-state index contributed by atoms with van der Waals surface area (Å²) in [6.45, 7) is 3.51. The zero-order valence-electron chi connectivity index (χ0n) is 7.05. The van der Waals surface area contributed by atoms with E-state index in [0.717, 1.165) is 6.54 Å². The van der Waals surface area contributed by atoms with Gasteiger partial charge >= 0.3 is 0 Å². The lowest BCUT2D eigenvalue weighted by Crippen LogP contribution is -2.32. The minimum Gasteiger partial charge on any atom is -0.296 e. The van der Waals surface area contributed by atoms with Crippen molar-refractivity contribution < 1.29 is 5.10 Å². The van der Waals surface area contributed by atoms with Gasteiger partial charge in [-0.25, -0.2) is 0 Å². The first-order chi connectivity index (χ1) is 5.95. The minimum absolute atomic E-state index is 1.06. The van der Waals surface area contributed by atoms with Crippen LogP contribution in [0.15, 0.2) is 12.3 Å². The second-order valence-corrected chi connectivity index (χ2v) is 4.24. The third kappa shape index (κ3) is 2.01. The van der Waals surface area contributed by atoms with E-state index in [2.05, 4.69) is 32.9 Å². The number of nitrogens with one attached hydrogen (secondary N) is 2. The zero-order chi connectivity index (χ0) is 8.23. The van der Waals surface area contributed by atoms with E-state index in [-0.39, 0.29) is 0 Å². The number of aromatic amines is 2. The first-order valence-corrected chi connectivity index (χ1v) is 5.44. The monoisotopic (exact) mass is 184 g/mol. The Balaban J connectivity index is 1.86. The molecule has 4 heteroatoms. The fourth-order valence-electron chi connectivity index (χ4n) is 1.41. The topological polar surface area (TPSA) is 33.2 Å². The van der Waals surface area contributed by atoms with Gasteiger partial charge < -0.3 is 0 Å². The van der Waals surface area contributed by atoms with Crippen molar-refractivity contribution in [3.05, 3.63) is 18.0 Å². The van der Waals surface area contributed by atoms with Crippen molar-refractivity contribution >= 4 is 11.8 Å². The molecule has 0 radical (unpaired) electrons. The van der Waals surface area contributed by atoms with Crippen LogP contribution in [0, 0.1) is 0 Å². The molecule has 3 nitrogen and oxygen atoms in total. The molecule has 1 aromatic heterocycles. The van der Waals surface area contributed by atoms with E-state index >= 15 is 0 Å². The summed E-state index contributed by atoms with van der Waals surface area (Å²) in [5.74, 6) is 2.56. The van der Waals surface area contributed by atoms with Crippen LogP contribution in [0.5, 0.6) is 0 Å². The highest BCUT2D eigenvalue weighted by Crippen LogP contribution is 2.10. The fourth-order valence-corrected chi connectivity index (χ4v) is 2.39. The van der Waals surface area contributed by atoms with E-state index in [4.69, 9.17) is 0 Å². The van der Waals surface area contributed by atoms with E-state index < -0.39 is 0 Å². The molecule has 66 valence electrons. The van der Waals surface area contributed by atoms with Crippen molar-refractivity contribution in [2.24, 2.45) is 0 Å². The Morgan fingerprint density at radius 3 is 3.00 bits per heavy atom. The quantitative estimate of drug-likeness (QED) is 0.721. The Labute approximate surface area is 76.5 Å². The van der Waals surface area contributed by atoms with Crippen LogP contribution in [0.25, 0.3) is 0 Å². The molecule has 2 N–H and O–H groups in total. The van der Waals surface area contributed by atoms with E-state index in [1.165, 1.54) is 30.3 Å². The summed E-state index contributed by atoms with van der Waals surface area (Å²) in [5.41, 5.74) is 1.28. The highest BCUT2D eigenvalue weighted by atomic mass is 32.2. The van der Waals surface area contributed by atoms with Gasteiger partial charge in [-0.15, -0.1) is 5.10 Å². The van der Waals surface area contributed by atoms with Gasteiger partial charge in [0.2, 0.25) is 0 Å². The van der Waals surface area contributed by atoms with Crippen LogP contribution in [0.1, 0.15) is 5.69 Å². The van der Waals surface area contributed by atoms with Gasteiger partial charge in [0.05, 0.1) is 5.69 Å². The van der Waals surface area contributed by atoms with Gasteiger partial charge in [-0.05, 0) is 0 Å². The standard InChI is InChI=1S/C8H13N3S/c1-2-9-10-8(1)7-11-3-5-12-6-4-11/h1-2H,3-7H2,(H,9,10)/p+1. The molecule has 0 amide bonds. The SMILES string of the molecule is c1cc(CN2CCSCC2)[nH][nH+]1. The predicted octanol–water partition coefficient (Wildman–Crippen LogP) is 0.378. The second-order valence-electron chi connectivity index (χ2n) is 3.02. The van der Waals surface area contributed by atoms with Crippen molar-refractivity contribution in [3.63, 3.8) is 0 Å². The number of hydrogen-bond acceptors (Lipinski definition) is 2. The van der Waals surface area contributed by atoms with Gasteiger partial charge in [0.15, 0.2) is 6.20 Å². The lowest BCUT2D eigenvalue weighted by molar-refractivity contribution is -0.450. The van der Waals surface area contributed by atoms with E-state index in [0.29, 0.717) is 0 Å². The summed E-state index contributed by atoms with van der Waals surface area (Å²) in [6.07, 6.45) is 1.94. The lowest BCUT2D eigenvalue weighted by atomic mass is 10.4. The molecule has 1 aliphatic rings. The number of H-pyrrole nitrogens is 2. The van der Waals surface area contributed by atoms with Crippen molar-refractivity contribution in [2.75, 3.05) is 24.6 Å². The van der Waals surface area contributed by atoms with Crippen molar-refractivity contribution in [2.45, 2.75) is 6.54 Å². The van der Waals surface area contributed by atoms with Crippen molar-refractivity contribution in [1.82, 2.24) is 10.00 Å². The van der Waals surface area contributed by atoms with Crippen molar-refractivity contribution in [1.29, 1.82) is 0 Å². The van der Waals surface area contributed by atoms with E-state index in [9.17, 15) is 0 Å². The van der Waals surface area contributed by atoms with Gasteiger partial charge in [-0.2, -0.15) is 16.9 Å². The van der Waals surface area contributed by atoms with Crippen LogP contribution in [0.4, 0.5) is 0 Å². The smallest absolute Gasteiger partial charge is 0.193 e. The van der Waals surface area contributed by atoms with E-state index in [1.807, 2.05) is 6.20 Å². The Kier molecular flexibility index (Phi) is 2.68. The molecule has 0 bridgehead atoms. The summed E-state index contributed by atoms with van der Waals surface area (Å²) < 4.78 is 0. The maximum absolute atomic E-state index is 3.11. The van der Waals surface area contributed by atoms with Crippen molar-refractivity contribution in [3.8, 4) is 0 Å². The average molecular weight is 184 g/mol. The Morgan fingerprint density at radius 1 is 1.50 bits per heavy atom. The maximum atomic E-state index is 3.11. The summed E-state index contributed by atoms with van der Waals surface area (Å²) in [7, 11) is 0. The molecular formula is C8H14N3S+. The molecule has 12 heavy (non-hydrogen) atoms. The lowest BCUT2D eigenvalue weighted by Gasteiger charge is -2.24. The van der Waals surface area contributed by atoms with Crippen LogP contribution in [-0.2, 0) is 6.54 Å². The molecule has 0 spiro atoms. The van der Waals surface area contributed by atoms with E-state index in [1.54, 1.807) is 0 Å². The molecule has 0 saturated carbocycles. The number of thioether (sulfide) groups is 1. The van der Waals surface area contributed by atoms with Crippen LogP contribution >= 0.6 is 11.8 Å². The van der Waals surface area contributed by atoms with Gasteiger partial charge in [0.25, 0.3) is 0 Å². The van der Waals surface area contributed by atoms with Gasteiger partial charge in [0, 0.05) is 37.2 Å². The minimum atomic E-state index is 1.06.